The van der Waals surface area contributed by atoms with Crippen molar-refractivity contribution in [2.45, 2.75) is 12.8 Å². The highest BCUT2D eigenvalue weighted by molar-refractivity contribution is 5.86. The summed E-state index contributed by atoms with van der Waals surface area (Å²) in [4.78, 5) is 17.4. The number of piperazine rings is 1. The lowest BCUT2D eigenvalue weighted by Gasteiger charge is -2.36. The van der Waals surface area contributed by atoms with E-state index in [0.29, 0.717) is 6.61 Å². The third kappa shape index (κ3) is 5.17. The average Bonchev–Trinajstić information content (AvgIpc) is 2.83. The molecule has 1 saturated heterocycles. The Morgan fingerprint density at radius 2 is 1.65 bits per heavy atom. The minimum atomic E-state index is -0.290. The van der Waals surface area contributed by atoms with Gasteiger partial charge >= 0.3 is 5.97 Å². The molecule has 0 aliphatic carbocycles. The lowest BCUT2D eigenvalue weighted by atomic mass is 9.98. The van der Waals surface area contributed by atoms with Crippen LogP contribution in [0, 0.1) is 0 Å². The molecular weight excluding hydrogens is 388 g/mol. The first-order chi connectivity index (χ1) is 15.1. The van der Waals surface area contributed by atoms with Crippen molar-refractivity contribution in [3.8, 4) is 5.75 Å². The molecule has 1 atom stereocenters. The normalized spacial score (nSPS) is 15.6. The van der Waals surface area contributed by atoms with Crippen molar-refractivity contribution in [2.75, 3.05) is 51.3 Å². The van der Waals surface area contributed by atoms with E-state index >= 15 is 0 Å². The van der Waals surface area contributed by atoms with Gasteiger partial charge in [0, 0.05) is 38.4 Å². The predicted molar refractivity (Wildman–Crippen MR) is 125 cm³/mol. The topological polar surface area (TPSA) is 42.0 Å². The van der Waals surface area contributed by atoms with E-state index in [9.17, 15) is 4.79 Å². The molecule has 1 aliphatic heterocycles. The van der Waals surface area contributed by atoms with Gasteiger partial charge < -0.3 is 14.4 Å². The van der Waals surface area contributed by atoms with E-state index in [4.69, 9.17) is 9.47 Å². The van der Waals surface area contributed by atoms with Gasteiger partial charge in [-0.25, -0.2) is 0 Å². The molecule has 1 aliphatic rings. The summed E-state index contributed by atoms with van der Waals surface area (Å²) in [7, 11) is 1.66. The third-order valence-electron chi connectivity index (χ3n) is 6.07. The van der Waals surface area contributed by atoms with E-state index < -0.39 is 0 Å². The Hall–Kier alpha value is -3.05. The molecule has 0 saturated carbocycles. The van der Waals surface area contributed by atoms with Gasteiger partial charge in [0.2, 0.25) is 0 Å². The van der Waals surface area contributed by atoms with E-state index in [-0.39, 0.29) is 11.9 Å². The first kappa shape index (κ1) is 21.2. The highest BCUT2D eigenvalue weighted by Gasteiger charge is 2.20. The van der Waals surface area contributed by atoms with Gasteiger partial charge in [-0.1, -0.05) is 42.5 Å². The molecular formula is C26H30N2O3. The number of nitrogens with zero attached hydrogens (tertiary/aromatic N) is 2. The molecule has 31 heavy (non-hydrogen) atoms. The Morgan fingerprint density at radius 3 is 2.39 bits per heavy atom. The van der Waals surface area contributed by atoms with E-state index in [1.54, 1.807) is 7.11 Å². The molecule has 4 rings (SSSR count). The number of esters is 1. The Balaban J connectivity index is 1.25. The monoisotopic (exact) mass is 418 g/mol. The largest absolute Gasteiger partial charge is 0.497 e. The van der Waals surface area contributed by atoms with Gasteiger partial charge in [0.15, 0.2) is 0 Å². The van der Waals surface area contributed by atoms with Gasteiger partial charge in [-0.2, -0.15) is 0 Å². The summed E-state index contributed by atoms with van der Waals surface area (Å²) in [5.74, 6) is 0.370. The fourth-order valence-electron chi connectivity index (χ4n) is 4.04. The van der Waals surface area contributed by atoms with Crippen molar-refractivity contribution in [1.29, 1.82) is 0 Å². The first-order valence-corrected chi connectivity index (χ1v) is 10.9. The van der Waals surface area contributed by atoms with Gasteiger partial charge in [-0.05, 0) is 47.5 Å². The number of methoxy groups -OCH3 is 1. The molecule has 0 aromatic heterocycles. The van der Waals surface area contributed by atoms with Crippen LogP contribution in [0.1, 0.15) is 18.4 Å². The van der Waals surface area contributed by atoms with Crippen LogP contribution in [0.15, 0.2) is 66.7 Å². The van der Waals surface area contributed by atoms with Crippen molar-refractivity contribution in [2.24, 2.45) is 0 Å². The van der Waals surface area contributed by atoms with Crippen LogP contribution in [0.3, 0.4) is 0 Å². The Bertz CT molecular complexity index is 1010. The van der Waals surface area contributed by atoms with Crippen molar-refractivity contribution >= 4 is 22.4 Å². The minimum absolute atomic E-state index is 0.171. The number of rotatable bonds is 7. The molecule has 0 radical (unpaired) electrons. The average molecular weight is 419 g/mol. The first-order valence-electron chi connectivity index (χ1n) is 10.9. The molecule has 1 fully saturated rings. The molecule has 0 spiro atoms. The standard InChI is InChI=1S/C26H30N2O3/c1-20(21-8-9-23-19-25(30-2)11-10-22(23)18-21)26(29)31-17-16-27-12-14-28(15-13-27)24-6-4-3-5-7-24/h3-11,18-20H,12-17H2,1-2H3/t20-/m0/s1. The van der Waals surface area contributed by atoms with Gasteiger partial charge in [-0.3, -0.25) is 9.69 Å². The number of anilines is 1. The van der Waals surface area contributed by atoms with Crippen molar-refractivity contribution < 1.29 is 14.3 Å². The number of para-hydroxylation sites is 1. The molecule has 0 unspecified atom stereocenters. The van der Waals surface area contributed by atoms with Crippen LogP contribution in [-0.4, -0.2) is 57.3 Å². The van der Waals surface area contributed by atoms with E-state index in [2.05, 4.69) is 40.1 Å². The maximum Gasteiger partial charge on any atom is 0.313 e. The zero-order valence-electron chi connectivity index (χ0n) is 18.3. The van der Waals surface area contributed by atoms with E-state index in [1.165, 1.54) is 5.69 Å². The number of hydrogen-bond donors (Lipinski definition) is 0. The zero-order chi connectivity index (χ0) is 21.6. The van der Waals surface area contributed by atoms with E-state index in [0.717, 1.165) is 54.8 Å². The summed E-state index contributed by atoms with van der Waals surface area (Å²) < 4.78 is 10.9. The summed E-state index contributed by atoms with van der Waals surface area (Å²) in [6.07, 6.45) is 0. The van der Waals surface area contributed by atoms with Gasteiger partial charge in [0.25, 0.3) is 0 Å². The lowest BCUT2D eigenvalue weighted by molar-refractivity contribution is -0.145. The van der Waals surface area contributed by atoms with Gasteiger partial charge in [-0.15, -0.1) is 0 Å². The number of carbonyl (C=O) groups is 1. The second kappa shape index (κ2) is 9.84. The summed E-state index contributed by atoms with van der Waals surface area (Å²) in [6.45, 7) is 7.07. The summed E-state index contributed by atoms with van der Waals surface area (Å²) in [5.41, 5.74) is 2.25. The van der Waals surface area contributed by atoms with E-state index in [1.807, 2.05) is 43.3 Å². The SMILES string of the molecule is COc1ccc2cc([C@H](C)C(=O)OCCN3CCN(c4ccccc4)CC3)ccc2c1. The summed E-state index contributed by atoms with van der Waals surface area (Å²) in [6, 6.07) is 22.6. The fraction of sp³-hybridized carbons (Fsp3) is 0.346. The van der Waals surface area contributed by atoms with Crippen molar-refractivity contribution in [3.05, 3.63) is 72.3 Å². The molecule has 3 aromatic carbocycles. The molecule has 3 aromatic rings. The summed E-state index contributed by atoms with van der Waals surface area (Å²) >= 11 is 0. The maximum atomic E-state index is 12.6. The molecule has 0 bridgehead atoms. The van der Waals surface area contributed by atoms with Crippen LogP contribution >= 0.6 is 0 Å². The summed E-state index contributed by atoms with van der Waals surface area (Å²) in [5, 5.41) is 2.19. The Morgan fingerprint density at radius 1 is 0.935 bits per heavy atom. The van der Waals surface area contributed by atoms with Crippen LogP contribution in [0.4, 0.5) is 5.69 Å². The quantitative estimate of drug-likeness (QED) is 0.535. The molecule has 5 heteroatoms. The molecule has 162 valence electrons. The van der Waals surface area contributed by atoms with Crippen molar-refractivity contribution in [3.63, 3.8) is 0 Å². The highest BCUT2D eigenvalue weighted by atomic mass is 16.5. The maximum absolute atomic E-state index is 12.6. The second-order valence-corrected chi connectivity index (χ2v) is 8.03. The minimum Gasteiger partial charge on any atom is -0.497 e. The Labute approximate surface area is 184 Å². The van der Waals surface area contributed by atoms with Crippen LogP contribution in [0.2, 0.25) is 0 Å². The van der Waals surface area contributed by atoms with Crippen LogP contribution in [0.5, 0.6) is 5.75 Å². The van der Waals surface area contributed by atoms with Gasteiger partial charge in [0.1, 0.15) is 12.4 Å². The zero-order valence-corrected chi connectivity index (χ0v) is 18.3. The third-order valence-corrected chi connectivity index (χ3v) is 6.07. The van der Waals surface area contributed by atoms with Crippen LogP contribution in [0.25, 0.3) is 10.8 Å². The number of fused-ring (bicyclic) bond motifs is 1. The molecule has 5 nitrogen and oxygen atoms in total. The molecule has 0 N–H and O–H groups in total. The smallest absolute Gasteiger partial charge is 0.313 e. The molecule has 0 amide bonds. The predicted octanol–water partition coefficient (Wildman–Crippen LogP) is 4.32. The fourth-order valence-corrected chi connectivity index (χ4v) is 4.04. The number of benzene rings is 3. The van der Waals surface area contributed by atoms with Crippen LogP contribution < -0.4 is 9.64 Å². The van der Waals surface area contributed by atoms with Crippen LogP contribution in [-0.2, 0) is 9.53 Å². The second-order valence-electron chi connectivity index (χ2n) is 8.03. The number of ether oxygens (including phenoxy) is 2. The number of hydrogen-bond acceptors (Lipinski definition) is 5. The Kier molecular flexibility index (Phi) is 6.73. The van der Waals surface area contributed by atoms with Crippen molar-refractivity contribution in [1.82, 2.24) is 4.90 Å². The highest BCUT2D eigenvalue weighted by Crippen LogP contribution is 2.25. The lowest BCUT2D eigenvalue weighted by Crippen LogP contribution is -2.47. The van der Waals surface area contributed by atoms with Gasteiger partial charge in [0.05, 0.1) is 13.0 Å². The molecule has 1 heterocycles. The number of carbonyl (C=O) groups excluding carboxylic acids is 1.